The quantitative estimate of drug-likeness (QED) is 0.669. The van der Waals surface area contributed by atoms with Crippen LogP contribution in [0.2, 0.25) is 0 Å². The van der Waals surface area contributed by atoms with Gasteiger partial charge in [-0.05, 0) is 62.9 Å². The molecule has 134 valence electrons. The van der Waals surface area contributed by atoms with Gasteiger partial charge < -0.3 is 19.7 Å². The van der Waals surface area contributed by atoms with Crippen LogP contribution in [0.25, 0.3) is 0 Å². The maximum Gasteiger partial charge on any atom is 0.221 e. The summed E-state index contributed by atoms with van der Waals surface area (Å²) in [5.74, 6) is -1.12. The molecule has 24 heavy (non-hydrogen) atoms. The minimum absolute atomic E-state index is 0.0125. The fourth-order valence-electron chi connectivity index (χ4n) is 5.34. The van der Waals surface area contributed by atoms with Gasteiger partial charge in [0, 0.05) is 5.57 Å². The van der Waals surface area contributed by atoms with Gasteiger partial charge in [-0.15, -0.1) is 0 Å². The van der Waals surface area contributed by atoms with Gasteiger partial charge >= 0.3 is 0 Å². The average molecular weight is 334 g/mol. The molecule has 0 unspecified atom stereocenters. The van der Waals surface area contributed by atoms with Crippen LogP contribution >= 0.6 is 0 Å². The lowest BCUT2D eigenvalue weighted by Gasteiger charge is -2.54. The maximum atomic E-state index is 11.3. The van der Waals surface area contributed by atoms with E-state index in [0.717, 1.165) is 31.3 Å². The molecule has 0 saturated carbocycles. The molecule has 6 aliphatic rings. The predicted octanol–water partition coefficient (Wildman–Crippen LogP) is 3.09. The Hall–Kier alpha value is -0.680. The van der Waals surface area contributed by atoms with Crippen molar-refractivity contribution >= 4 is 0 Å². The lowest BCUT2D eigenvalue weighted by molar-refractivity contribution is -0.304. The molecule has 0 aromatic rings. The molecule has 4 heteroatoms. The number of ether oxygens (including phenoxy) is 2. The third-order valence-corrected chi connectivity index (χ3v) is 7.35. The van der Waals surface area contributed by atoms with Gasteiger partial charge in [0.05, 0.1) is 18.3 Å². The van der Waals surface area contributed by atoms with Gasteiger partial charge in [0.15, 0.2) is 0 Å². The normalized spacial score (nSPS) is 53.6. The largest absolute Gasteiger partial charge is 0.384 e. The summed E-state index contributed by atoms with van der Waals surface area (Å²) in [5, 5.41) is 22.3. The van der Waals surface area contributed by atoms with Crippen molar-refractivity contribution in [2.24, 2.45) is 11.3 Å². The van der Waals surface area contributed by atoms with Crippen molar-refractivity contribution in [1.29, 1.82) is 0 Å². The molecule has 0 radical (unpaired) electrons. The van der Waals surface area contributed by atoms with Crippen LogP contribution < -0.4 is 0 Å². The second-order valence-corrected chi connectivity index (χ2v) is 8.84. The Balaban J connectivity index is 1.90. The van der Waals surface area contributed by atoms with E-state index in [-0.39, 0.29) is 11.5 Å². The fraction of sp³-hybridized carbons (Fsp3) is 0.800. The van der Waals surface area contributed by atoms with E-state index in [0.29, 0.717) is 18.9 Å². The lowest BCUT2D eigenvalue weighted by atomic mass is 9.60. The van der Waals surface area contributed by atoms with Crippen molar-refractivity contribution in [3.63, 3.8) is 0 Å². The smallest absolute Gasteiger partial charge is 0.221 e. The molecule has 6 bridgehead atoms. The number of hydrogen-bond donors (Lipinski definition) is 2. The topological polar surface area (TPSA) is 58.9 Å². The molecule has 6 rings (SSSR count). The summed E-state index contributed by atoms with van der Waals surface area (Å²) >= 11 is 0. The van der Waals surface area contributed by atoms with Gasteiger partial charge in [-0.1, -0.05) is 25.5 Å². The molecular weight excluding hydrogens is 304 g/mol. The molecule has 0 aromatic carbocycles. The Morgan fingerprint density at radius 2 is 2.00 bits per heavy atom. The highest BCUT2D eigenvalue weighted by Crippen LogP contribution is 2.58. The molecule has 4 nitrogen and oxygen atoms in total. The molecule has 0 amide bonds. The predicted molar refractivity (Wildman–Crippen MR) is 91.3 cm³/mol. The van der Waals surface area contributed by atoms with E-state index in [1.807, 2.05) is 6.92 Å². The van der Waals surface area contributed by atoms with E-state index < -0.39 is 17.5 Å². The summed E-state index contributed by atoms with van der Waals surface area (Å²) < 4.78 is 12.3. The summed E-state index contributed by atoms with van der Waals surface area (Å²) in [6.07, 6.45) is 5.60. The minimum Gasteiger partial charge on any atom is -0.384 e. The fourth-order valence-corrected chi connectivity index (χ4v) is 5.34. The first-order valence-electron chi connectivity index (χ1n) is 9.32. The first-order valence-corrected chi connectivity index (χ1v) is 9.32. The summed E-state index contributed by atoms with van der Waals surface area (Å²) in [4.78, 5) is 0. The van der Waals surface area contributed by atoms with E-state index >= 15 is 0 Å². The number of aliphatic hydroxyl groups is 2. The standard InChI is InChI=1S/C20H30O4/c1-12-6-5-8-19(4)17(21)20(22)16-14(11-23-20)18(3,9-7-12)13(2)10-15(16)24-19/h6,13,15,17,21-22H,5,7-11H2,1-4H3/b12-6+/t13-,15-,17+,18-,19+,20+/m1/s1. The van der Waals surface area contributed by atoms with E-state index in [1.165, 1.54) is 11.1 Å². The Labute approximate surface area is 144 Å². The number of rotatable bonds is 0. The van der Waals surface area contributed by atoms with E-state index in [1.54, 1.807) is 0 Å². The molecular formula is C20H30O4. The molecule has 2 N–H and O–H groups in total. The van der Waals surface area contributed by atoms with Crippen LogP contribution in [0.5, 0.6) is 0 Å². The van der Waals surface area contributed by atoms with Crippen LogP contribution in [0.3, 0.4) is 0 Å². The number of fused-ring (bicyclic) bond motifs is 1. The molecule has 1 fully saturated rings. The third-order valence-electron chi connectivity index (χ3n) is 7.35. The molecule has 0 aromatic heterocycles. The van der Waals surface area contributed by atoms with E-state index in [4.69, 9.17) is 9.47 Å². The second-order valence-electron chi connectivity index (χ2n) is 8.84. The van der Waals surface area contributed by atoms with E-state index in [9.17, 15) is 10.2 Å². The summed E-state index contributed by atoms with van der Waals surface area (Å²) in [5.41, 5.74) is 2.60. The first kappa shape index (κ1) is 16.8. The summed E-state index contributed by atoms with van der Waals surface area (Å²) in [7, 11) is 0. The van der Waals surface area contributed by atoms with Crippen LogP contribution in [0.4, 0.5) is 0 Å². The van der Waals surface area contributed by atoms with Crippen LogP contribution in [0.1, 0.15) is 59.8 Å². The molecule has 0 spiro atoms. The Morgan fingerprint density at radius 1 is 1.25 bits per heavy atom. The third kappa shape index (κ3) is 2.06. The van der Waals surface area contributed by atoms with Gasteiger partial charge in [0.25, 0.3) is 0 Å². The SMILES string of the molecule is C/C1=C\CC[C@]2(C)O[C@@H]3C[C@@H](C)[C@@](C)(CC1)C1=C3[C@](O)(OC1)[C@H]2O. The van der Waals surface area contributed by atoms with Gasteiger partial charge in [0.1, 0.15) is 6.10 Å². The van der Waals surface area contributed by atoms with Gasteiger partial charge in [-0.3, -0.25) is 0 Å². The van der Waals surface area contributed by atoms with Crippen molar-refractivity contribution in [2.75, 3.05) is 6.61 Å². The Kier molecular flexibility index (Phi) is 3.61. The zero-order valence-electron chi connectivity index (χ0n) is 15.3. The van der Waals surface area contributed by atoms with Crippen molar-refractivity contribution in [2.45, 2.75) is 83.4 Å². The number of aliphatic hydroxyl groups excluding tert-OH is 1. The average Bonchev–Trinajstić information content (AvgIpc) is 2.88. The maximum absolute atomic E-state index is 11.3. The highest BCUT2D eigenvalue weighted by molar-refractivity contribution is 5.41. The summed E-state index contributed by atoms with van der Waals surface area (Å²) in [6, 6.07) is 0. The molecule has 4 heterocycles. The van der Waals surface area contributed by atoms with Gasteiger partial charge in [0.2, 0.25) is 5.79 Å². The second kappa shape index (κ2) is 5.16. The van der Waals surface area contributed by atoms with E-state index in [2.05, 4.69) is 26.8 Å². The van der Waals surface area contributed by atoms with Crippen LogP contribution in [-0.4, -0.2) is 40.4 Å². The van der Waals surface area contributed by atoms with Crippen molar-refractivity contribution < 1.29 is 19.7 Å². The number of hydrogen-bond acceptors (Lipinski definition) is 4. The van der Waals surface area contributed by atoms with Crippen molar-refractivity contribution in [1.82, 2.24) is 0 Å². The monoisotopic (exact) mass is 334 g/mol. The Bertz CT molecular complexity index is 623. The highest BCUT2D eigenvalue weighted by atomic mass is 16.7. The van der Waals surface area contributed by atoms with Gasteiger partial charge in [-0.2, -0.15) is 0 Å². The lowest BCUT2D eigenvalue weighted by Crippen LogP contribution is -2.65. The van der Waals surface area contributed by atoms with Crippen LogP contribution in [0, 0.1) is 11.3 Å². The molecule has 4 aliphatic heterocycles. The van der Waals surface area contributed by atoms with Crippen LogP contribution in [0.15, 0.2) is 22.8 Å². The molecule has 1 saturated heterocycles. The van der Waals surface area contributed by atoms with Gasteiger partial charge in [-0.25, -0.2) is 0 Å². The Morgan fingerprint density at radius 3 is 2.75 bits per heavy atom. The molecule has 6 atom stereocenters. The van der Waals surface area contributed by atoms with Crippen molar-refractivity contribution in [3.05, 3.63) is 22.8 Å². The highest BCUT2D eigenvalue weighted by Gasteiger charge is 2.64. The zero-order chi connectivity index (χ0) is 17.3. The number of allylic oxidation sites excluding steroid dienone is 2. The first-order chi connectivity index (χ1) is 11.2. The summed E-state index contributed by atoms with van der Waals surface area (Å²) in [6.45, 7) is 9.11. The van der Waals surface area contributed by atoms with Crippen molar-refractivity contribution in [3.8, 4) is 0 Å². The molecule has 2 aliphatic carbocycles. The zero-order valence-corrected chi connectivity index (χ0v) is 15.3. The minimum atomic E-state index is -1.58. The van der Waals surface area contributed by atoms with Crippen LogP contribution in [-0.2, 0) is 9.47 Å².